The minimum Gasteiger partial charge on any atom is -0.485 e. The normalized spacial score (nSPS) is 17.6. The number of aliphatic hydroxyl groups excluding tert-OH is 1. The summed E-state index contributed by atoms with van der Waals surface area (Å²) in [6.45, 7) is 7.87. The zero-order chi connectivity index (χ0) is 29.7. The molecule has 2 aromatic carbocycles. The lowest BCUT2D eigenvalue weighted by Gasteiger charge is -2.38. The van der Waals surface area contributed by atoms with E-state index in [4.69, 9.17) is 4.74 Å². The maximum absolute atomic E-state index is 13.7. The van der Waals surface area contributed by atoms with Gasteiger partial charge in [0.1, 0.15) is 11.1 Å². The highest BCUT2D eigenvalue weighted by Gasteiger charge is 2.35. The third kappa shape index (κ3) is 7.04. The van der Waals surface area contributed by atoms with Crippen LogP contribution in [0.25, 0.3) is 10.6 Å². The van der Waals surface area contributed by atoms with Crippen molar-refractivity contribution in [3.63, 3.8) is 0 Å². The molecule has 0 unspecified atom stereocenters. The number of carbonyl (C=O) groups excluding carboxylic acids is 3. The lowest BCUT2D eigenvalue weighted by atomic mass is 9.99. The molecule has 0 bridgehead atoms. The Hall–Kier alpha value is -3.96. The van der Waals surface area contributed by atoms with Gasteiger partial charge in [0.05, 0.1) is 30.4 Å². The Bertz CT molecular complexity index is 1360. The Morgan fingerprint density at radius 1 is 1.20 bits per heavy atom. The minimum atomic E-state index is -0.506. The van der Waals surface area contributed by atoms with Crippen molar-refractivity contribution in [3.05, 3.63) is 65.2 Å². The molecular weight excluding hydrogens is 542 g/mol. The first-order valence-electron chi connectivity index (χ1n) is 13.6. The highest BCUT2D eigenvalue weighted by Crippen LogP contribution is 2.35. The number of para-hydroxylation sites is 1. The maximum Gasteiger partial charge on any atom is 0.317 e. The molecule has 0 radical (unpaired) electrons. The summed E-state index contributed by atoms with van der Waals surface area (Å²) >= 11 is 1.52. The number of nitrogens with one attached hydrogen (secondary N) is 2. The van der Waals surface area contributed by atoms with Crippen LogP contribution in [0.1, 0.15) is 48.4 Å². The molecular formula is C30H37N5O5S. The molecule has 1 aliphatic heterocycles. The molecule has 2 heterocycles. The van der Waals surface area contributed by atoms with E-state index in [1.165, 1.54) is 11.3 Å². The second kappa shape index (κ2) is 13.1. The van der Waals surface area contributed by atoms with Gasteiger partial charge in [-0.2, -0.15) is 0 Å². The van der Waals surface area contributed by atoms with Crippen molar-refractivity contribution in [1.29, 1.82) is 0 Å². The number of rotatable bonds is 8. The Kier molecular flexibility index (Phi) is 9.61. The fourth-order valence-corrected chi connectivity index (χ4v) is 5.24. The van der Waals surface area contributed by atoms with Crippen LogP contribution in [0.5, 0.6) is 5.75 Å². The van der Waals surface area contributed by atoms with Gasteiger partial charge in [0.15, 0.2) is 5.75 Å². The van der Waals surface area contributed by atoms with E-state index in [0.717, 1.165) is 10.6 Å². The lowest BCUT2D eigenvalue weighted by Crippen LogP contribution is -2.51. The SMILES string of the molecule is CC(C)NC(=O)N(C)C[C@H]1Oc2c(NC(=O)c3ccc(-c4nccs4)cc3)cccc2C(=O)N([C@H](C)CO)C[C@@H]1C. The van der Waals surface area contributed by atoms with E-state index >= 15 is 0 Å². The quantitative estimate of drug-likeness (QED) is 0.365. The molecule has 1 aromatic heterocycles. The summed E-state index contributed by atoms with van der Waals surface area (Å²) in [6, 6.07) is 11.4. The summed E-state index contributed by atoms with van der Waals surface area (Å²) in [7, 11) is 1.69. The topological polar surface area (TPSA) is 124 Å². The van der Waals surface area contributed by atoms with Crippen molar-refractivity contribution in [2.24, 2.45) is 5.92 Å². The number of carbonyl (C=O) groups is 3. The van der Waals surface area contributed by atoms with Crippen molar-refractivity contribution in [1.82, 2.24) is 20.1 Å². The summed E-state index contributed by atoms with van der Waals surface area (Å²) in [5, 5.41) is 18.5. The molecule has 10 nitrogen and oxygen atoms in total. The highest BCUT2D eigenvalue weighted by molar-refractivity contribution is 7.13. The van der Waals surface area contributed by atoms with Crippen LogP contribution in [0, 0.1) is 5.92 Å². The van der Waals surface area contributed by atoms with Gasteiger partial charge in [-0.15, -0.1) is 11.3 Å². The molecule has 0 saturated heterocycles. The van der Waals surface area contributed by atoms with Gasteiger partial charge in [-0.1, -0.05) is 25.1 Å². The highest BCUT2D eigenvalue weighted by atomic mass is 32.1. The van der Waals surface area contributed by atoms with Gasteiger partial charge in [-0.05, 0) is 45.0 Å². The molecule has 4 rings (SSSR count). The van der Waals surface area contributed by atoms with E-state index in [0.29, 0.717) is 17.8 Å². The first-order valence-corrected chi connectivity index (χ1v) is 14.5. The summed E-state index contributed by atoms with van der Waals surface area (Å²) in [5.74, 6) is -0.630. The molecule has 3 N–H and O–H groups in total. The smallest absolute Gasteiger partial charge is 0.317 e. The summed E-state index contributed by atoms with van der Waals surface area (Å²) in [6.07, 6.45) is 1.23. The van der Waals surface area contributed by atoms with Crippen molar-refractivity contribution in [3.8, 4) is 16.3 Å². The number of aromatic nitrogens is 1. The molecule has 0 spiro atoms. The van der Waals surface area contributed by atoms with Gasteiger partial charge in [-0.3, -0.25) is 9.59 Å². The molecule has 4 amide bonds. The summed E-state index contributed by atoms with van der Waals surface area (Å²) in [5.41, 5.74) is 1.96. The van der Waals surface area contributed by atoms with E-state index in [1.807, 2.05) is 38.3 Å². The van der Waals surface area contributed by atoms with Gasteiger partial charge in [0.2, 0.25) is 0 Å². The van der Waals surface area contributed by atoms with E-state index in [-0.39, 0.29) is 54.3 Å². The second-order valence-electron chi connectivity index (χ2n) is 10.7. The third-order valence-corrected chi connectivity index (χ3v) is 7.80. The molecule has 1 aliphatic rings. The van der Waals surface area contributed by atoms with Crippen LogP contribution in [0.2, 0.25) is 0 Å². The zero-order valence-corrected chi connectivity index (χ0v) is 24.8. The molecule has 0 saturated carbocycles. The summed E-state index contributed by atoms with van der Waals surface area (Å²) < 4.78 is 6.49. The second-order valence-corrected chi connectivity index (χ2v) is 11.6. The number of aliphatic hydroxyl groups is 1. The summed E-state index contributed by atoms with van der Waals surface area (Å²) in [4.78, 5) is 47.1. The van der Waals surface area contributed by atoms with E-state index < -0.39 is 12.1 Å². The number of urea groups is 1. The standard InChI is InChI=1S/C30H37N5O5S/c1-18(2)32-30(39)34(5)16-25-19(3)15-35(20(4)17-36)29(38)23-7-6-8-24(26(23)40-25)33-27(37)21-9-11-22(12-10-21)28-31-13-14-41-28/h6-14,18-20,25,36H,15-17H2,1-5H3,(H,32,39)(H,33,37)/t19-,20+,25+/m0/s1. The third-order valence-electron chi connectivity index (χ3n) is 6.98. The van der Waals surface area contributed by atoms with Crippen LogP contribution < -0.4 is 15.4 Å². The van der Waals surface area contributed by atoms with Gasteiger partial charge in [0, 0.05) is 48.3 Å². The van der Waals surface area contributed by atoms with E-state index in [2.05, 4.69) is 15.6 Å². The number of hydrogen-bond donors (Lipinski definition) is 3. The largest absolute Gasteiger partial charge is 0.485 e. The average Bonchev–Trinajstić information content (AvgIpc) is 3.49. The van der Waals surface area contributed by atoms with Crippen LogP contribution >= 0.6 is 11.3 Å². The number of hydrogen-bond acceptors (Lipinski definition) is 7. The van der Waals surface area contributed by atoms with Gasteiger partial charge in [0.25, 0.3) is 11.8 Å². The van der Waals surface area contributed by atoms with Gasteiger partial charge >= 0.3 is 6.03 Å². The first-order chi connectivity index (χ1) is 19.6. The molecule has 0 aliphatic carbocycles. The Morgan fingerprint density at radius 2 is 1.93 bits per heavy atom. The van der Waals surface area contributed by atoms with Crippen molar-refractivity contribution in [2.75, 3.05) is 32.1 Å². The molecule has 218 valence electrons. The van der Waals surface area contributed by atoms with Crippen LogP contribution in [-0.2, 0) is 0 Å². The molecule has 3 aromatic rings. The predicted octanol–water partition coefficient (Wildman–Crippen LogP) is 4.33. The molecule has 11 heteroatoms. The Morgan fingerprint density at radius 3 is 2.56 bits per heavy atom. The number of likely N-dealkylation sites (N-methyl/N-ethyl adjacent to an activating group) is 1. The number of thiazole rings is 1. The van der Waals surface area contributed by atoms with Crippen LogP contribution in [0.15, 0.2) is 54.0 Å². The number of nitrogens with zero attached hydrogens (tertiary/aromatic N) is 3. The number of benzene rings is 2. The van der Waals surface area contributed by atoms with Crippen LogP contribution in [-0.4, -0.2) is 82.7 Å². The monoisotopic (exact) mass is 579 g/mol. The van der Waals surface area contributed by atoms with Crippen molar-refractivity contribution < 1.29 is 24.2 Å². The van der Waals surface area contributed by atoms with E-state index in [9.17, 15) is 19.5 Å². The molecule has 3 atom stereocenters. The number of amides is 4. The molecule has 41 heavy (non-hydrogen) atoms. The number of fused-ring (bicyclic) bond motifs is 1. The predicted molar refractivity (Wildman–Crippen MR) is 159 cm³/mol. The zero-order valence-electron chi connectivity index (χ0n) is 24.0. The van der Waals surface area contributed by atoms with Gasteiger partial charge in [-0.25, -0.2) is 9.78 Å². The fraction of sp³-hybridized carbons (Fsp3) is 0.400. The minimum absolute atomic E-state index is 0.0303. The number of anilines is 1. The number of ether oxygens (including phenoxy) is 1. The van der Waals surface area contributed by atoms with Gasteiger partial charge < -0.3 is 30.3 Å². The first kappa shape index (κ1) is 30.0. The Labute approximate surface area is 244 Å². The van der Waals surface area contributed by atoms with Crippen molar-refractivity contribution in [2.45, 2.75) is 45.9 Å². The average molecular weight is 580 g/mol. The van der Waals surface area contributed by atoms with E-state index in [1.54, 1.807) is 60.3 Å². The van der Waals surface area contributed by atoms with Crippen molar-refractivity contribution >= 4 is 34.9 Å². The fourth-order valence-electron chi connectivity index (χ4n) is 4.59. The van der Waals surface area contributed by atoms with Crippen LogP contribution in [0.3, 0.4) is 0 Å². The maximum atomic E-state index is 13.7. The Balaban J connectivity index is 1.66. The lowest BCUT2D eigenvalue weighted by molar-refractivity contribution is 0.0368. The van der Waals surface area contributed by atoms with Crippen LogP contribution in [0.4, 0.5) is 10.5 Å². The molecule has 0 fully saturated rings.